The van der Waals surface area contributed by atoms with Crippen LogP contribution in [0.2, 0.25) is 0 Å². The number of rotatable bonds is 6. The molecule has 2 nitrogen and oxygen atoms in total. The maximum Gasteiger partial charge on any atom is 0.163 e. The molecule has 1 fully saturated rings. The number of piperidine rings is 1. The Morgan fingerprint density at radius 2 is 1.95 bits per heavy atom. The Kier molecular flexibility index (Phi) is 5.92. The minimum absolute atomic E-state index is 0.383. The molecule has 20 heavy (non-hydrogen) atoms. The van der Waals surface area contributed by atoms with Gasteiger partial charge in [-0.15, -0.1) is 0 Å². The second kappa shape index (κ2) is 7.70. The van der Waals surface area contributed by atoms with Crippen molar-refractivity contribution < 1.29 is 8.78 Å². The predicted octanol–water partition coefficient (Wildman–Crippen LogP) is 3.18. The van der Waals surface area contributed by atoms with E-state index in [1.54, 1.807) is 12.1 Å². The van der Waals surface area contributed by atoms with Crippen molar-refractivity contribution >= 4 is 0 Å². The van der Waals surface area contributed by atoms with Crippen molar-refractivity contribution in [2.75, 3.05) is 26.2 Å². The van der Waals surface area contributed by atoms with Gasteiger partial charge in [0.1, 0.15) is 0 Å². The zero-order valence-electron chi connectivity index (χ0n) is 12.2. The van der Waals surface area contributed by atoms with Crippen LogP contribution in [0.15, 0.2) is 18.2 Å². The van der Waals surface area contributed by atoms with Gasteiger partial charge in [-0.05, 0) is 44.5 Å². The molecule has 112 valence electrons. The third kappa shape index (κ3) is 4.53. The molecule has 1 heterocycles. The minimum Gasteiger partial charge on any atom is -0.312 e. The number of hydrogen-bond acceptors (Lipinski definition) is 2. The van der Waals surface area contributed by atoms with Crippen LogP contribution in [-0.4, -0.2) is 31.1 Å². The molecule has 1 aromatic rings. The van der Waals surface area contributed by atoms with E-state index in [4.69, 9.17) is 0 Å². The van der Waals surface area contributed by atoms with Crippen LogP contribution >= 0.6 is 0 Å². The fraction of sp³-hybridized carbons (Fsp3) is 0.625. The summed E-state index contributed by atoms with van der Waals surface area (Å²) in [4.78, 5) is 2.50. The largest absolute Gasteiger partial charge is 0.312 e. The lowest BCUT2D eigenvalue weighted by Gasteiger charge is -2.29. The van der Waals surface area contributed by atoms with Crippen LogP contribution in [0.5, 0.6) is 0 Å². The highest BCUT2D eigenvalue weighted by molar-refractivity contribution is 5.18. The number of benzene rings is 1. The molecule has 1 aliphatic rings. The summed E-state index contributed by atoms with van der Waals surface area (Å²) in [6.07, 6.45) is 3.95. The average molecular weight is 282 g/mol. The lowest BCUT2D eigenvalue weighted by molar-refractivity contribution is 0.199. The fourth-order valence-corrected chi connectivity index (χ4v) is 2.79. The first-order valence-corrected chi connectivity index (χ1v) is 7.53. The summed E-state index contributed by atoms with van der Waals surface area (Å²) < 4.78 is 26.5. The first-order valence-electron chi connectivity index (χ1n) is 7.53. The summed E-state index contributed by atoms with van der Waals surface area (Å²) in [5.41, 5.74) is 0.398. The van der Waals surface area contributed by atoms with Crippen LogP contribution in [0.1, 0.15) is 31.7 Å². The van der Waals surface area contributed by atoms with E-state index < -0.39 is 11.6 Å². The number of likely N-dealkylation sites (tertiary alicyclic amines) is 1. The van der Waals surface area contributed by atoms with Crippen LogP contribution in [0.4, 0.5) is 8.78 Å². The van der Waals surface area contributed by atoms with Crippen LogP contribution in [0.25, 0.3) is 0 Å². The molecule has 0 radical (unpaired) electrons. The molecule has 1 aliphatic heterocycles. The summed E-state index contributed by atoms with van der Waals surface area (Å²) in [5, 5.41) is 3.23. The van der Waals surface area contributed by atoms with E-state index in [0.29, 0.717) is 18.0 Å². The van der Waals surface area contributed by atoms with Gasteiger partial charge in [0.15, 0.2) is 11.6 Å². The van der Waals surface area contributed by atoms with Crippen molar-refractivity contribution in [2.45, 2.75) is 32.7 Å². The Morgan fingerprint density at radius 3 is 2.70 bits per heavy atom. The molecular weight excluding hydrogens is 258 g/mol. The summed E-state index contributed by atoms with van der Waals surface area (Å²) in [6.45, 7) is 6.88. The van der Waals surface area contributed by atoms with Crippen molar-refractivity contribution in [3.8, 4) is 0 Å². The second-order valence-electron chi connectivity index (χ2n) is 5.81. The first kappa shape index (κ1) is 15.4. The summed E-state index contributed by atoms with van der Waals surface area (Å²) in [7, 11) is 0. The van der Waals surface area contributed by atoms with Gasteiger partial charge < -0.3 is 10.2 Å². The second-order valence-corrected chi connectivity index (χ2v) is 5.81. The van der Waals surface area contributed by atoms with Crippen molar-refractivity contribution in [3.05, 3.63) is 35.4 Å². The zero-order valence-corrected chi connectivity index (χ0v) is 12.2. The Hall–Kier alpha value is -1.00. The topological polar surface area (TPSA) is 15.3 Å². The quantitative estimate of drug-likeness (QED) is 0.862. The van der Waals surface area contributed by atoms with E-state index in [9.17, 15) is 8.78 Å². The minimum atomic E-state index is -0.773. The maximum absolute atomic E-state index is 13.5. The SMILES string of the molecule is CC(CNCc1cccc(F)c1F)CN1CCCCC1. The fourth-order valence-electron chi connectivity index (χ4n) is 2.79. The van der Waals surface area contributed by atoms with E-state index >= 15 is 0 Å². The molecule has 0 saturated carbocycles. The third-order valence-corrected chi connectivity index (χ3v) is 3.86. The Labute approximate surface area is 120 Å². The molecule has 0 bridgehead atoms. The number of halogens is 2. The third-order valence-electron chi connectivity index (χ3n) is 3.86. The van der Waals surface area contributed by atoms with E-state index in [1.807, 2.05) is 0 Å². The van der Waals surface area contributed by atoms with Gasteiger partial charge in [0, 0.05) is 18.7 Å². The molecule has 1 aromatic carbocycles. The molecular formula is C16H24F2N2. The van der Waals surface area contributed by atoms with Crippen LogP contribution < -0.4 is 5.32 Å². The summed E-state index contributed by atoms with van der Waals surface area (Å²) in [6, 6.07) is 4.32. The molecule has 0 spiro atoms. The maximum atomic E-state index is 13.5. The van der Waals surface area contributed by atoms with Gasteiger partial charge in [0.05, 0.1) is 0 Å². The Bertz CT molecular complexity index is 417. The van der Waals surface area contributed by atoms with Gasteiger partial charge in [0.25, 0.3) is 0 Å². The van der Waals surface area contributed by atoms with E-state index in [-0.39, 0.29) is 0 Å². The number of nitrogens with one attached hydrogen (secondary N) is 1. The Balaban J connectivity index is 1.70. The van der Waals surface area contributed by atoms with Crippen molar-refractivity contribution in [1.82, 2.24) is 10.2 Å². The first-order chi connectivity index (χ1) is 9.66. The van der Waals surface area contributed by atoms with Crippen molar-refractivity contribution in [1.29, 1.82) is 0 Å². The average Bonchev–Trinajstić information content (AvgIpc) is 2.44. The normalized spacial score (nSPS) is 18.1. The zero-order chi connectivity index (χ0) is 14.4. The van der Waals surface area contributed by atoms with Gasteiger partial charge in [-0.1, -0.05) is 25.5 Å². The Morgan fingerprint density at radius 1 is 1.20 bits per heavy atom. The molecule has 0 aliphatic carbocycles. The lowest BCUT2D eigenvalue weighted by Crippen LogP contribution is -2.36. The summed E-state index contributed by atoms with van der Waals surface area (Å²) >= 11 is 0. The number of hydrogen-bond donors (Lipinski definition) is 1. The van der Waals surface area contributed by atoms with E-state index in [0.717, 1.165) is 19.2 Å². The molecule has 1 atom stereocenters. The molecule has 1 N–H and O–H groups in total. The van der Waals surface area contributed by atoms with Gasteiger partial charge in [-0.2, -0.15) is 0 Å². The van der Waals surface area contributed by atoms with Crippen LogP contribution in [0.3, 0.4) is 0 Å². The molecule has 0 aromatic heterocycles. The molecule has 0 amide bonds. The van der Waals surface area contributed by atoms with Gasteiger partial charge in [-0.25, -0.2) is 8.78 Å². The highest BCUT2D eigenvalue weighted by Crippen LogP contribution is 2.12. The van der Waals surface area contributed by atoms with Gasteiger partial charge >= 0.3 is 0 Å². The van der Waals surface area contributed by atoms with E-state index in [2.05, 4.69) is 17.1 Å². The van der Waals surface area contributed by atoms with E-state index in [1.165, 1.54) is 32.4 Å². The van der Waals surface area contributed by atoms with Crippen LogP contribution in [-0.2, 0) is 6.54 Å². The highest BCUT2D eigenvalue weighted by Gasteiger charge is 2.13. The van der Waals surface area contributed by atoms with Crippen molar-refractivity contribution in [2.24, 2.45) is 5.92 Å². The molecule has 1 saturated heterocycles. The highest BCUT2D eigenvalue weighted by atomic mass is 19.2. The van der Waals surface area contributed by atoms with Gasteiger partial charge in [0.2, 0.25) is 0 Å². The lowest BCUT2D eigenvalue weighted by atomic mass is 10.1. The van der Waals surface area contributed by atoms with Crippen molar-refractivity contribution in [3.63, 3.8) is 0 Å². The van der Waals surface area contributed by atoms with Crippen LogP contribution in [0, 0.1) is 17.6 Å². The molecule has 2 rings (SSSR count). The predicted molar refractivity (Wildman–Crippen MR) is 77.5 cm³/mol. The molecule has 1 unspecified atom stereocenters. The monoisotopic (exact) mass is 282 g/mol. The number of nitrogens with zero attached hydrogens (tertiary/aromatic N) is 1. The van der Waals surface area contributed by atoms with Gasteiger partial charge in [-0.3, -0.25) is 0 Å². The molecule has 4 heteroatoms. The standard InChI is InChI=1S/C16H24F2N2/c1-13(12-20-8-3-2-4-9-20)10-19-11-14-6-5-7-15(17)16(14)18/h5-7,13,19H,2-4,8-12H2,1H3. The smallest absolute Gasteiger partial charge is 0.163 e. The summed E-state index contributed by atoms with van der Waals surface area (Å²) in [5.74, 6) is -0.987.